The summed E-state index contributed by atoms with van der Waals surface area (Å²) >= 11 is 0. The van der Waals surface area contributed by atoms with Gasteiger partial charge < -0.3 is 14.6 Å². The first-order chi connectivity index (χ1) is 6.74. The Hall–Kier alpha value is -0.890. The SMILES string of the molecule is CO[C@H]1[C@@H](OC)CCC(=CC#N)[C@@H]1O. The highest BCUT2D eigenvalue weighted by molar-refractivity contribution is 5.21. The van der Waals surface area contributed by atoms with Gasteiger partial charge in [0.2, 0.25) is 0 Å². The minimum absolute atomic E-state index is 0.0918. The monoisotopic (exact) mass is 197 g/mol. The minimum atomic E-state index is -0.724. The molecule has 1 aliphatic carbocycles. The second kappa shape index (κ2) is 5.11. The van der Waals surface area contributed by atoms with Crippen molar-refractivity contribution in [3.63, 3.8) is 0 Å². The lowest BCUT2D eigenvalue weighted by atomic mass is 9.87. The molecule has 0 aromatic heterocycles. The van der Waals surface area contributed by atoms with E-state index in [1.54, 1.807) is 7.11 Å². The lowest BCUT2D eigenvalue weighted by Gasteiger charge is -2.34. The van der Waals surface area contributed by atoms with Gasteiger partial charge in [-0.15, -0.1) is 0 Å². The highest BCUT2D eigenvalue weighted by atomic mass is 16.5. The molecular formula is C10H15NO3. The maximum absolute atomic E-state index is 9.84. The largest absolute Gasteiger partial charge is 0.386 e. The Morgan fingerprint density at radius 2 is 2.21 bits per heavy atom. The molecule has 0 aromatic rings. The third kappa shape index (κ3) is 2.13. The number of aliphatic hydroxyl groups excluding tert-OH is 1. The fraction of sp³-hybridized carbons (Fsp3) is 0.700. The van der Waals surface area contributed by atoms with Crippen LogP contribution < -0.4 is 0 Å². The van der Waals surface area contributed by atoms with Crippen molar-refractivity contribution in [2.45, 2.75) is 31.2 Å². The molecule has 0 aromatic carbocycles. The molecule has 1 aliphatic rings. The summed E-state index contributed by atoms with van der Waals surface area (Å²) in [6, 6.07) is 1.93. The van der Waals surface area contributed by atoms with E-state index in [0.29, 0.717) is 6.42 Å². The van der Waals surface area contributed by atoms with Crippen molar-refractivity contribution in [3.05, 3.63) is 11.6 Å². The average Bonchev–Trinajstić information content (AvgIpc) is 2.21. The molecule has 0 radical (unpaired) electrons. The zero-order chi connectivity index (χ0) is 10.6. The predicted octanol–water partition coefficient (Wildman–Crippen LogP) is 0.621. The number of hydrogen-bond acceptors (Lipinski definition) is 4. The lowest BCUT2D eigenvalue weighted by molar-refractivity contribution is -0.0988. The first kappa shape index (κ1) is 11.2. The Labute approximate surface area is 83.7 Å². The van der Waals surface area contributed by atoms with Crippen LogP contribution in [0.4, 0.5) is 0 Å². The zero-order valence-electron chi connectivity index (χ0n) is 8.43. The van der Waals surface area contributed by atoms with Crippen molar-refractivity contribution in [1.29, 1.82) is 5.26 Å². The number of methoxy groups -OCH3 is 2. The third-order valence-corrected chi connectivity index (χ3v) is 2.60. The van der Waals surface area contributed by atoms with Gasteiger partial charge in [0.15, 0.2) is 0 Å². The minimum Gasteiger partial charge on any atom is -0.386 e. The molecule has 1 saturated carbocycles. The molecule has 0 bridgehead atoms. The fourth-order valence-corrected chi connectivity index (χ4v) is 1.81. The average molecular weight is 197 g/mol. The normalized spacial score (nSPS) is 35.6. The second-order valence-corrected chi connectivity index (χ2v) is 3.31. The standard InChI is InChI=1S/C10H15NO3/c1-13-8-4-3-7(5-6-11)9(12)10(8)14-2/h5,8-10,12H,3-4H2,1-2H3/t8-,9-,10-/m0/s1. The Morgan fingerprint density at radius 1 is 1.50 bits per heavy atom. The van der Waals surface area contributed by atoms with Crippen LogP contribution in [0.2, 0.25) is 0 Å². The van der Waals surface area contributed by atoms with Gasteiger partial charge in [-0.25, -0.2) is 0 Å². The molecule has 1 rings (SSSR count). The highest BCUT2D eigenvalue weighted by Crippen LogP contribution is 2.27. The van der Waals surface area contributed by atoms with Crippen LogP contribution in [0.5, 0.6) is 0 Å². The van der Waals surface area contributed by atoms with E-state index in [2.05, 4.69) is 0 Å². The molecule has 0 amide bonds. The first-order valence-corrected chi connectivity index (χ1v) is 4.56. The van der Waals surface area contributed by atoms with Gasteiger partial charge in [-0.05, 0) is 18.4 Å². The lowest BCUT2D eigenvalue weighted by Crippen LogP contribution is -2.44. The number of allylic oxidation sites excluding steroid dienone is 1. The molecule has 14 heavy (non-hydrogen) atoms. The van der Waals surface area contributed by atoms with Crippen LogP contribution in [0.15, 0.2) is 11.6 Å². The van der Waals surface area contributed by atoms with Crippen molar-refractivity contribution >= 4 is 0 Å². The number of aliphatic hydroxyl groups is 1. The van der Waals surface area contributed by atoms with E-state index in [0.717, 1.165) is 12.0 Å². The molecule has 1 fully saturated rings. The molecule has 78 valence electrons. The Kier molecular flexibility index (Phi) is 4.08. The van der Waals surface area contributed by atoms with Crippen molar-refractivity contribution in [2.75, 3.05) is 14.2 Å². The van der Waals surface area contributed by atoms with Gasteiger partial charge in [-0.2, -0.15) is 5.26 Å². The van der Waals surface area contributed by atoms with E-state index in [4.69, 9.17) is 14.7 Å². The summed E-state index contributed by atoms with van der Waals surface area (Å²) in [6.07, 6.45) is 1.67. The van der Waals surface area contributed by atoms with Crippen molar-refractivity contribution < 1.29 is 14.6 Å². The summed E-state index contributed by atoms with van der Waals surface area (Å²) in [5, 5.41) is 18.3. The Bertz CT molecular complexity index is 257. The molecule has 0 heterocycles. The van der Waals surface area contributed by atoms with Gasteiger partial charge >= 0.3 is 0 Å². The fourth-order valence-electron chi connectivity index (χ4n) is 1.81. The van der Waals surface area contributed by atoms with Crippen LogP contribution in [0.1, 0.15) is 12.8 Å². The predicted molar refractivity (Wildman–Crippen MR) is 50.5 cm³/mol. The number of ether oxygens (including phenoxy) is 2. The maximum Gasteiger partial charge on any atom is 0.113 e. The number of rotatable bonds is 2. The van der Waals surface area contributed by atoms with Crippen molar-refractivity contribution in [3.8, 4) is 6.07 Å². The molecule has 1 N–H and O–H groups in total. The van der Waals surface area contributed by atoms with Crippen molar-refractivity contribution in [2.24, 2.45) is 0 Å². The molecule has 4 nitrogen and oxygen atoms in total. The van der Waals surface area contributed by atoms with Gasteiger partial charge in [0.05, 0.1) is 12.2 Å². The van der Waals surface area contributed by atoms with Crippen LogP contribution in [-0.4, -0.2) is 37.6 Å². The quantitative estimate of drug-likeness (QED) is 0.659. The van der Waals surface area contributed by atoms with Gasteiger partial charge in [-0.3, -0.25) is 0 Å². The molecule has 0 unspecified atom stereocenters. The van der Waals surface area contributed by atoms with Gasteiger partial charge in [-0.1, -0.05) is 0 Å². The van der Waals surface area contributed by atoms with Crippen LogP contribution in [-0.2, 0) is 9.47 Å². The zero-order valence-corrected chi connectivity index (χ0v) is 8.43. The maximum atomic E-state index is 9.84. The smallest absolute Gasteiger partial charge is 0.113 e. The Balaban J connectivity index is 2.77. The van der Waals surface area contributed by atoms with Gasteiger partial charge in [0.1, 0.15) is 12.2 Å². The third-order valence-electron chi connectivity index (χ3n) is 2.60. The summed E-state index contributed by atoms with van der Waals surface area (Å²) in [6.45, 7) is 0. The summed E-state index contributed by atoms with van der Waals surface area (Å²) in [4.78, 5) is 0. The van der Waals surface area contributed by atoms with Gasteiger partial charge in [0, 0.05) is 20.3 Å². The molecular weight excluding hydrogens is 182 g/mol. The molecule has 0 saturated heterocycles. The van der Waals surface area contributed by atoms with Crippen LogP contribution in [0, 0.1) is 11.3 Å². The van der Waals surface area contributed by atoms with Crippen LogP contribution in [0.3, 0.4) is 0 Å². The van der Waals surface area contributed by atoms with E-state index >= 15 is 0 Å². The topological polar surface area (TPSA) is 62.5 Å². The second-order valence-electron chi connectivity index (χ2n) is 3.31. The summed E-state index contributed by atoms with van der Waals surface area (Å²) < 4.78 is 10.4. The number of hydrogen-bond donors (Lipinski definition) is 1. The first-order valence-electron chi connectivity index (χ1n) is 4.56. The van der Waals surface area contributed by atoms with Crippen molar-refractivity contribution in [1.82, 2.24) is 0 Å². The number of nitrogens with zero attached hydrogens (tertiary/aromatic N) is 1. The number of nitriles is 1. The molecule has 4 heteroatoms. The summed E-state index contributed by atoms with van der Waals surface area (Å²) in [7, 11) is 3.14. The van der Waals surface area contributed by atoms with Crippen LogP contribution in [0.25, 0.3) is 0 Å². The van der Waals surface area contributed by atoms with E-state index < -0.39 is 6.10 Å². The van der Waals surface area contributed by atoms with E-state index in [1.807, 2.05) is 6.07 Å². The Morgan fingerprint density at radius 3 is 2.71 bits per heavy atom. The molecule has 0 aliphatic heterocycles. The molecule has 0 spiro atoms. The van der Waals surface area contributed by atoms with E-state index in [-0.39, 0.29) is 12.2 Å². The van der Waals surface area contributed by atoms with E-state index in [1.165, 1.54) is 13.2 Å². The highest BCUT2D eigenvalue weighted by Gasteiger charge is 2.35. The summed E-state index contributed by atoms with van der Waals surface area (Å²) in [5.74, 6) is 0. The van der Waals surface area contributed by atoms with E-state index in [9.17, 15) is 5.11 Å². The summed E-state index contributed by atoms with van der Waals surface area (Å²) in [5.41, 5.74) is 0.729. The van der Waals surface area contributed by atoms with Gasteiger partial charge in [0.25, 0.3) is 0 Å². The van der Waals surface area contributed by atoms with Crippen LogP contribution >= 0.6 is 0 Å². The molecule has 3 atom stereocenters.